The van der Waals surface area contributed by atoms with E-state index in [1.54, 1.807) is 0 Å². The van der Waals surface area contributed by atoms with Gasteiger partial charge in [0, 0.05) is 6.42 Å². The van der Waals surface area contributed by atoms with Crippen molar-refractivity contribution in [3.05, 3.63) is 0 Å². The highest BCUT2D eigenvalue weighted by Crippen LogP contribution is 2.20. The zero-order chi connectivity index (χ0) is 31.7. The Kier molecular flexibility index (Phi) is 35.3. The van der Waals surface area contributed by atoms with Crippen LogP contribution in [-0.4, -0.2) is 23.1 Å². The molecule has 0 rings (SSSR count). The Labute approximate surface area is 263 Å². The topological polar surface area (TPSA) is 63.6 Å². The number of hydrogen-bond donors (Lipinski definition) is 1. The quantitative estimate of drug-likeness (QED) is 0.0661. The van der Waals surface area contributed by atoms with Crippen molar-refractivity contribution in [2.75, 3.05) is 0 Å². The van der Waals surface area contributed by atoms with Gasteiger partial charge >= 0.3 is 11.9 Å². The first kappa shape index (κ1) is 43.1. The minimum absolute atomic E-state index is 0.0273. The van der Waals surface area contributed by atoms with E-state index in [0.717, 1.165) is 19.3 Å². The molecule has 1 N–H and O–H groups in total. The van der Waals surface area contributed by atoms with Crippen LogP contribution in [0.25, 0.3) is 0 Å². The maximum absolute atomic E-state index is 11.3. The van der Waals surface area contributed by atoms with Crippen LogP contribution in [0.1, 0.15) is 215 Å². The molecule has 4 nitrogen and oxygen atoms in total. The molecule has 0 saturated carbocycles. The smallest absolute Gasteiger partial charge is 0.306 e. The van der Waals surface area contributed by atoms with Gasteiger partial charge in [0.2, 0.25) is 0 Å². The lowest BCUT2D eigenvalue weighted by molar-refractivity contribution is -0.147. The first-order chi connectivity index (χ1) is 20.3. The van der Waals surface area contributed by atoms with E-state index < -0.39 is 5.97 Å². The van der Waals surface area contributed by atoms with Crippen LogP contribution in [0.3, 0.4) is 0 Å². The van der Waals surface area contributed by atoms with Crippen molar-refractivity contribution in [2.24, 2.45) is 11.8 Å². The Morgan fingerprint density at radius 3 is 1.10 bits per heavy atom. The van der Waals surface area contributed by atoms with Gasteiger partial charge in [-0.25, -0.2) is 0 Å². The first-order valence-corrected chi connectivity index (χ1v) is 18.7. The summed E-state index contributed by atoms with van der Waals surface area (Å²) < 4.78 is 5.12. The van der Waals surface area contributed by atoms with Crippen molar-refractivity contribution in [3.8, 4) is 0 Å². The van der Waals surface area contributed by atoms with Crippen LogP contribution in [0.4, 0.5) is 0 Å². The molecule has 42 heavy (non-hydrogen) atoms. The second-order valence-corrected chi connectivity index (χ2v) is 13.4. The Morgan fingerprint density at radius 1 is 0.500 bits per heavy atom. The second kappa shape index (κ2) is 34.4. The molecule has 0 aliphatic heterocycles. The van der Waals surface area contributed by atoms with Crippen LogP contribution in [0.15, 0.2) is 0 Å². The molecule has 0 aromatic carbocycles. The van der Waals surface area contributed by atoms with E-state index in [1.807, 2.05) is 27.7 Å². The number of carboxylic acids is 1. The number of aliphatic carboxylic acids is 1. The number of carbonyl (C=O) groups excluding carboxylic acids is 1. The van der Waals surface area contributed by atoms with Crippen molar-refractivity contribution in [2.45, 2.75) is 221 Å². The molecule has 4 heteroatoms. The van der Waals surface area contributed by atoms with E-state index in [9.17, 15) is 9.59 Å². The van der Waals surface area contributed by atoms with Gasteiger partial charge in [-0.15, -0.1) is 0 Å². The highest BCUT2D eigenvalue weighted by molar-refractivity contribution is 5.70. The number of carbonyl (C=O) groups is 2. The third-order valence-corrected chi connectivity index (χ3v) is 8.34. The van der Waals surface area contributed by atoms with Crippen LogP contribution < -0.4 is 0 Å². The minimum atomic E-state index is -0.618. The average molecular weight is 597 g/mol. The summed E-state index contributed by atoms with van der Waals surface area (Å²) in [5.74, 6) is -0.538. The summed E-state index contributed by atoms with van der Waals surface area (Å²) in [6, 6.07) is 0. The van der Waals surface area contributed by atoms with Crippen molar-refractivity contribution in [1.29, 1.82) is 0 Å². The summed E-state index contributed by atoms with van der Waals surface area (Å²) >= 11 is 0. The van der Waals surface area contributed by atoms with Crippen molar-refractivity contribution in [3.63, 3.8) is 0 Å². The second-order valence-electron chi connectivity index (χ2n) is 13.4. The summed E-state index contributed by atoms with van der Waals surface area (Å²) in [4.78, 5) is 22.4. The highest BCUT2D eigenvalue weighted by atomic mass is 16.5. The minimum Gasteiger partial charge on any atom is -0.481 e. The third kappa shape index (κ3) is 35.1. The third-order valence-electron chi connectivity index (χ3n) is 8.34. The Balaban J connectivity index is 0. The lowest BCUT2D eigenvalue weighted by atomic mass is 9.90. The van der Waals surface area contributed by atoms with E-state index in [1.165, 1.54) is 148 Å². The van der Waals surface area contributed by atoms with E-state index in [4.69, 9.17) is 9.84 Å². The molecule has 0 bridgehead atoms. The summed E-state index contributed by atoms with van der Waals surface area (Å²) in [7, 11) is 0. The zero-order valence-corrected chi connectivity index (χ0v) is 29.5. The van der Waals surface area contributed by atoms with Gasteiger partial charge in [-0.2, -0.15) is 0 Å². The standard InChI is InChI=1S/2C19H38O2/c1-4-5-6-7-8-9-10-11-12-13-14-15-16-17-19(20)21-18(2)3;1-4-5-6-7-8-9-10-11-12-13-14-15-16-18(17(2)3)19(20)21/h18H,4-17H2,1-3H3;17-18H,4-16H2,1-3H3,(H,20,21). The Bertz CT molecular complexity index is 555. The molecule has 0 aromatic heterocycles. The molecule has 0 saturated heterocycles. The number of rotatable bonds is 30. The van der Waals surface area contributed by atoms with Gasteiger partial charge < -0.3 is 9.84 Å². The van der Waals surface area contributed by atoms with Crippen LogP contribution in [0.5, 0.6) is 0 Å². The molecule has 0 aliphatic rings. The summed E-state index contributed by atoms with van der Waals surface area (Å²) in [6.07, 6.45) is 34.9. The van der Waals surface area contributed by atoms with E-state index in [0.29, 0.717) is 6.42 Å². The first-order valence-electron chi connectivity index (χ1n) is 18.7. The van der Waals surface area contributed by atoms with Crippen LogP contribution in [0, 0.1) is 11.8 Å². The number of unbranched alkanes of at least 4 members (excludes halogenated alkanes) is 23. The molecule has 252 valence electrons. The molecule has 0 amide bonds. The van der Waals surface area contributed by atoms with Gasteiger partial charge in [-0.1, -0.05) is 182 Å². The van der Waals surface area contributed by atoms with E-state index in [2.05, 4.69) is 13.8 Å². The zero-order valence-electron chi connectivity index (χ0n) is 29.5. The highest BCUT2D eigenvalue weighted by Gasteiger charge is 2.20. The fourth-order valence-electron chi connectivity index (χ4n) is 5.56. The normalized spacial score (nSPS) is 11.9. The van der Waals surface area contributed by atoms with Gasteiger partial charge in [0.15, 0.2) is 0 Å². The molecular weight excluding hydrogens is 520 g/mol. The molecule has 0 spiro atoms. The SMILES string of the molecule is CCCCCCCCCCCCCCC(C(=O)O)C(C)C.CCCCCCCCCCCCCCCC(=O)OC(C)C. The lowest BCUT2D eigenvalue weighted by Gasteiger charge is -2.15. The van der Waals surface area contributed by atoms with Gasteiger partial charge in [0.1, 0.15) is 0 Å². The average Bonchev–Trinajstić information content (AvgIpc) is 2.93. The largest absolute Gasteiger partial charge is 0.481 e. The fourth-order valence-corrected chi connectivity index (χ4v) is 5.56. The molecule has 0 radical (unpaired) electrons. The number of ether oxygens (including phenoxy) is 1. The molecule has 0 aliphatic carbocycles. The predicted molar refractivity (Wildman–Crippen MR) is 183 cm³/mol. The fraction of sp³-hybridized carbons (Fsp3) is 0.947. The van der Waals surface area contributed by atoms with Crippen LogP contribution in [-0.2, 0) is 14.3 Å². The van der Waals surface area contributed by atoms with Gasteiger partial charge in [0.25, 0.3) is 0 Å². The maximum Gasteiger partial charge on any atom is 0.306 e. The van der Waals surface area contributed by atoms with Gasteiger partial charge in [0.05, 0.1) is 12.0 Å². The molecule has 0 fully saturated rings. The monoisotopic (exact) mass is 597 g/mol. The van der Waals surface area contributed by atoms with E-state index >= 15 is 0 Å². The molecule has 1 atom stereocenters. The number of esters is 1. The summed E-state index contributed by atoms with van der Waals surface area (Å²) in [5, 5.41) is 9.12. The van der Waals surface area contributed by atoms with E-state index in [-0.39, 0.29) is 23.9 Å². The Hall–Kier alpha value is -1.06. The molecule has 0 aromatic rings. The summed E-state index contributed by atoms with van der Waals surface area (Å²) in [5.41, 5.74) is 0. The van der Waals surface area contributed by atoms with Crippen molar-refractivity contribution < 1.29 is 19.4 Å². The summed E-state index contributed by atoms with van der Waals surface area (Å²) in [6.45, 7) is 12.4. The number of hydrogen-bond acceptors (Lipinski definition) is 3. The van der Waals surface area contributed by atoms with Crippen LogP contribution in [0.2, 0.25) is 0 Å². The maximum atomic E-state index is 11.3. The Morgan fingerprint density at radius 2 is 0.810 bits per heavy atom. The molecule has 1 unspecified atom stereocenters. The van der Waals surface area contributed by atoms with Crippen molar-refractivity contribution >= 4 is 11.9 Å². The van der Waals surface area contributed by atoms with Crippen LogP contribution >= 0.6 is 0 Å². The van der Waals surface area contributed by atoms with Gasteiger partial charge in [-0.3, -0.25) is 9.59 Å². The van der Waals surface area contributed by atoms with Crippen molar-refractivity contribution in [1.82, 2.24) is 0 Å². The molecule has 0 heterocycles. The molecular formula is C38H76O4. The predicted octanol–water partition coefficient (Wildman–Crippen LogP) is 12.9. The van der Waals surface area contributed by atoms with Gasteiger partial charge in [-0.05, 0) is 32.6 Å². The number of carboxylic acid groups (broad SMARTS) is 1. The lowest BCUT2D eigenvalue weighted by Crippen LogP contribution is -2.19.